The average molecular weight is 628 g/mol. The van der Waals surface area contributed by atoms with E-state index in [4.69, 9.17) is 19.4 Å². The fourth-order valence-corrected chi connectivity index (χ4v) is 6.58. The second-order valence-corrected chi connectivity index (χ2v) is 12.0. The van der Waals surface area contributed by atoms with Gasteiger partial charge in [0.15, 0.2) is 17.5 Å². The third kappa shape index (κ3) is 5.35. The monoisotopic (exact) mass is 627 g/mol. The summed E-state index contributed by atoms with van der Waals surface area (Å²) in [5.41, 5.74) is 10.9. The van der Waals surface area contributed by atoms with Gasteiger partial charge in [-0.3, -0.25) is 0 Å². The van der Waals surface area contributed by atoms with Crippen molar-refractivity contribution in [3.8, 4) is 67.5 Å². The largest absolute Gasteiger partial charge is 0.456 e. The number of hydrogen-bond donors (Lipinski definition) is 0. The second-order valence-electron chi connectivity index (χ2n) is 12.0. The maximum atomic E-state index is 6.39. The molecule has 4 nitrogen and oxygen atoms in total. The van der Waals surface area contributed by atoms with Crippen LogP contribution in [0.25, 0.3) is 89.5 Å². The van der Waals surface area contributed by atoms with Gasteiger partial charge >= 0.3 is 0 Å². The predicted molar refractivity (Wildman–Crippen MR) is 200 cm³/mol. The van der Waals surface area contributed by atoms with Gasteiger partial charge in [-0.05, 0) is 58.1 Å². The predicted octanol–water partition coefficient (Wildman–Crippen LogP) is 11.8. The molecule has 0 radical (unpaired) electrons. The van der Waals surface area contributed by atoms with E-state index in [1.165, 1.54) is 0 Å². The molecule has 0 N–H and O–H groups in total. The molecule has 4 heteroatoms. The molecule has 0 fully saturated rings. The number of rotatable bonds is 6. The van der Waals surface area contributed by atoms with Crippen molar-refractivity contribution < 1.29 is 4.42 Å². The van der Waals surface area contributed by atoms with Gasteiger partial charge in [-0.15, -0.1) is 0 Å². The fourth-order valence-electron chi connectivity index (χ4n) is 6.58. The minimum atomic E-state index is 0.607. The van der Waals surface area contributed by atoms with E-state index in [1.807, 2.05) is 84.9 Å². The van der Waals surface area contributed by atoms with E-state index >= 15 is 0 Å². The van der Waals surface area contributed by atoms with Crippen molar-refractivity contribution in [2.75, 3.05) is 0 Å². The molecule has 230 valence electrons. The molecule has 0 aliphatic rings. The highest BCUT2D eigenvalue weighted by atomic mass is 16.3. The number of fused-ring (bicyclic) bond motifs is 3. The topological polar surface area (TPSA) is 51.8 Å². The first-order valence-corrected chi connectivity index (χ1v) is 16.4. The molecule has 7 aromatic carbocycles. The zero-order chi connectivity index (χ0) is 32.6. The van der Waals surface area contributed by atoms with Crippen LogP contribution in [0.1, 0.15) is 0 Å². The molecule has 9 aromatic rings. The molecule has 0 amide bonds. The minimum absolute atomic E-state index is 0.607. The van der Waals surface area contributed by atoms with Gasteiger partial charge in [0.1, 0.15) is 11.2 Å². The molecule has 0 saturated carbocycles. The molecule has 49 heavy (non-hydrogen) atoms. The summed E-state index contributed by atoms with van der Waals surface area (Å²) in [5, 5.41) is 2.20. The van der Waals surface area contributed by atoms with Crippen LogP contribution in [0, 0.1) is 0 Å². The molecule has 0 saturated heterocycles. The van der Waals surface area contributed by atoms with Crippen molar-refractivity contribution in [1.82, 2.24) is 15.0 Å². The molecule has 9 rings (SSSR count). The van der Waals surface area contributed by atoms with Crippen molar-refractivity contribution in [3.05, 3.63) is 176 Å². The lowest BCUT2D eigenvalue weighted by molar-refractivity contribution is 0.669. The van der Waals surface area contributed by atoms with Gasteiger partial charge < -0.3 is 4.42 Å². The first-order chi connectivity index (χ1) is 24.3. The fraction of sp³-hybridized carbons (Fsp3) is 0. The van der Waals surface area contributed by atoms with Crippen molar-refractivity contribution in [3.63, 3.8) is 0 Å². The van der Waals surface area contributed by atoms with Gasteiger partial charge in [-0.2, -0.15) is 0 Å². The number of benzene rings is 7. The van der Waals surface area contributed by atoms with Crippen LogP contribution in [-0.4, -0.2) is 15.0 Å². The summed E-state index contributed by atoms with van der Waals surface area (Å²) in [6.07, 6.45) is 0. The van der Waals surface area contributed by atoms with Crippen LogP contribution in [0.4, 0.5) is 0 Å². The summed E-state index contributed by atoms with van der Waals surface area (Å²) in [6, 6.07) is 60.4. The van der Waals surface area contributed by atoms with E-state index in [0.29, 0.717) is 17.5 Å². The van der Waals surface area contributed by atoms with Gasteiger partial charge in [-0.1, -0.05) is 146 Å². The van der Waals surface area contributed by atoms with Crippen molar-refractivity contribution in [2.45, 2.75) is 0 Å². The Balaban J connectivity index is 1.37. The van der Waals surface area contributed by atoms with Crippen LogP contribution in [0.3, 0.4) is 0 Å². The lowest BCUT2D eigenvalue weighted by Crippen LogP contribution is -2.02. The summed E-state index contributed by atoms with van der Waals surface area (Å²) in [5.74, 6) is 1.85. The minimum Gasteiger partial charge on any atom is -0.456 e. The van der Waals surface area contributed by atoms with Crippen LogP contribution in [0.2, 0.25) is 0 Å². The number of nitrogens with zero attached hydrogens (tertiary/aromatic N) is 3. The molecule has 0 atom stereocenters. The van der Waals surface area contributed by atoms with E-state index in [9.17, 15) is 0 Å². The highest BCUT2D eigenvalue weighted by Crippen LogP contribution is 2.44. The number of furan rings is 1. The zero-order valence-electron chi connectivity index (χ0n) is 26.5. The van der Waals surface area contributed by atoms with Gasteiger partial charge in [0.25, 0.3) is 0 Å². The first-order valence-electron chi connectivity index (χ1n) is 16.4. The Labute approximate surface area is 284 Å². The smallest absolute Gasteiger partial charge is 0.164 e. The molecule has 2 aromatic heterocycles. The Morgan fingerprint density at radius 1 is 0.306 bits per heavy atom. The molecule has 0 bridgehead atoms. The first kappa shape index (κ1) is 28.6. The maximum Gasteiger partial charge on any atom is 0.164 e. The van der Waals surface area contributed by atoms with Crippen molar-refractivity contribution >= 4 is 21.9 Å². The van der Waals surface area contributed by atoms with Gasteiger partial charge in [0.2, 0.25) is 0 Å². The molecular weight excluding hydrogens is 599 g/mol. The molecule has 0 spiro atoms. The van der Waals surface area contributed by atoms with E-state index in [1.54, 1.807) is 0 Å². The average Bonchev–Trinajstić information content (AvgIpc) is 3.56. The van der Waals surface area contributed by atoms with E-state index in [2.05, 4.69) is 91.0 Å². The lowest BCUT2D eigenvalue weighted by Gasteiger charge is -2.19. The summed E-state index contributed by atoms with van der Waals surface area (Å²) in [6.45, 7) is 0. The summed E-state index contributed by atoms with van der Waals surface area (Å²) < 4.78 is 6.39. The summed E-state index contributed by atoms with van der Waals surface area (Å²) in [7, 11) is 0. The molecule has 0 aliphatic carbocycles. The third-order valence-corrected chi connectivity index (χ3v) is 8.94. The van der Waals surface area contributed by atoms with E-state index < -0.39 is 0 Å². The standard InChI is InChI=1S/C45H29N3O/c1-5-15-30(16-6-1)35-27-38(34-25-26-37-36-23-13-14-24-40(36)49-41(37)29-34)42(31-17-7-2-8-18-31)39(28-35)45-47-43(32-19-9-3-10-20-32)46-44(48-45)33-21-11-4-12-22-33/h1-29H. The Bertz CT molecular complexity index is 2520. The molecule has 2 heterocycles. The Kier molecular flexibility index (Phi) is 7.10. The van der Waals surface area contributed by atoms with E-state index in [-0.39, 0.29) is 0 Å². The van der Waals surface area contributed by atoms with Crippen molar-refractivity contribution in [1.29, 1.82) is 0 Å². The van der Waals surface area contributed by atoms with Crippen LogP contribution in [-0.2, 0) is 0 Å². The Morgan fingerprint density at radius 2 is 0.796 bits per heavy atom. The Hall–Kier alpha value is -6.65. The van der Waals surface area contributed by atoms with E-state index in [0.717, 1.165) is 72.0 Å². The van der Waals surface area contributed by atoms with Gasteiger partial charge in [-0.25, -0.2) is 15.0 Å². The summed E-state index contributed by atoms with van der Waals surface area (Å²) in [4.78, 5) is 15.4. The maximum absolute atomic E-state index is 6.39. The molecule has 0 aliphatic heterocycles. The normalized spacial score (nSPS) is 11.3. The number of aromatic nitrogens is 3. The lowest BCUT2D eigenvalue weighted by atomic mass is 9.86. The Morgan fingerprint density at radius 3 is 1.43 bits per heavy atom. The van der Waals surface area contributed by atoms with Gasteiger partial charge in [0, 0.05) is 33.0 Å². The van der Waals surface area contributed by atoms with Crippen LogP contribution >= 0.6 is 0 Å². The van der Waals surface area contributed by atoms with Crippen LogP contribution < -0.4 is 0 Å². The SMILES string of the molecule is c1ccc(-c2cc(-c3ccc4c(c3)oc3ccccc34)c(-c3ccccc3)c(-c3nc(-c4ccccc4)nc(-c4ccccc4)n3)c2)cc1. The zero-order valence-corrected chi connectivity index (χ0v) is 26.5. The summed E-state index contributed by atoms with van der Waals surface area (Å²) >= 11 is 0. The molecular formula is C45H29N3O. The molecule has 0 unspecified atom stereocenters. The van der Waals surface area contributed by atoms with Crippen LogP contribution in [0.15, 0.2) is 180 Å². The third-order valence-electron chi connectivity index (χ3n) is 8.94. The highest BCUT2D eigenvalue weighted by Gasteiger charge is 2.21. The van der Waals surface area contributed by atoms with Gasteiger partial charge in [0.05, 0.1) is 0 Å². The highest BCUT2D eigenvalue weighted by molar-refractivity contribution is 6.07. The second kappa shape index (κ2) is 12.2. The number of hydrogen-bond acceptors (Lipinski definition) is 4. The van der Waals surface area contributed by atoms with Crippen molar-refractivity contribution in [2.24, 2.45) is 0 Å². The van der Waals surface area contributed by atoms with Crippen LogP contribution in [0.5, 0.6) is 0 Å². The number of para-hydroxylation sites is 1. The quantitative estimate of drug-likeness (QED) is 0.184.